The molecule has 0 aliphatic rings. The van der Waals surface area contributed by atoms with E-state index in [0.717, 1.165) is 16.7 Å². The number of furan rings is 2. The number of nitriles is 1. The van der Waals surface area contributed by atoms with Crippen molar-refractivity contribution in [3.8, 4) is 28.5 Å². The lowest BCUT2D eigenvalue weighted by Gasteiger charge is -2.03. The third kappa shape index (κ3) is 3.48. The van der Waals surface area contributed by atoms with E-state index >= 15 is 0 Å². The summed E-state index contributed by atoms with van der Waals surface area (Å²) in [6, 6.07) is 25.2. The second-order valence-electron chi connectivity index (χ2n) is 5.73. The highest BCUT2D eigenvalue weighted by molar-refractivity contribution is 9.10. The molecule has 130 valence electrons. The van der Waals surface area contributed by atoms with Crippen LogP contribution in [0.2, 0.25) is 0 Å². The summed E-state index contributed by atoms with van der Waals surface area (Å²) < 4.78 is 12.1. The van der Waals surface area contributed by atoms with Crippen LogP contribution in [0.15, 0.2) is 91.3 Å². The molecule has 27 heavy (non-hydrogen) atoms. The van der Waals surface area contributed by atoms with Gasteiger partial charge in [-0.1, -0.05) is 60.7 Å². The second-order valence-corrected chi connectivity index (χ2v) is 6.51. The lowest BCUT2D eigenvalue weighted by atomic mass is 9.98. The van der Waals surface area contributed by atoms with Crippen molar-refractivity contribution in [1.29, 1.82) is 5.26 Å². The van der Waals surface area contributed by atoms with Crippen molar-refractivity contribution in [2.45, 2.75) is 0 Å². The number of hydrogen-bond donors (Lipinski definition) is 0. The minimum Gasteiger partial charge on any atom is -0.448 e. The Morgan fingerprint density at radius 1 is 0.852 bits per heavy atom. The molecule has 0 fully saturated rings. The van der Waals surface area contributed by atoms with Crippen LogP contribution in [0.1, 0.15) is 11.3 Å². The molecule has 0 N–H and O–H groups in total. The minimum atomic E-state index is 0.253. The molecule has 4 aromatic rings. The highest BCUT2D eigenvalue weighted by Gasteiger charge is 2.22. The van der Waals surface area contributed by atoms with Crippen LogP contribution in [0.5, 0.6) is 0 Å². The number of halogens is 1. The van der Waals surface area contributed by atoms with Gasteiger partial charge in [0.2, 0.25) is 5.88 Å². The van der Waals surface area contributed by atoms with Crippen molar-refractivity contribution in [2.75, 3.05) is 0 Å². The number of hydrogen-bond acceptors (Lipinski definition) is 4. The largest absolute Gasteiger partial charge is 0.448 e. The molecule has 5 heteroatoms. The summed E-state index contributed by atoms with van der Waals surface area (Å²) in [5.41, 5.74) is 2.91. The van der Waals surface area contributed by atoms with Gasteiger partial charge in [-0.25, -0.2) is 4.99 Å². The molecular formula is C22H13BrN2O2. The fraction of sp³-hybridized carbons (Fsp3) is 0. The Morgan fingerprint density at radius 2 is 1.52 bits per heavy atom. The molecule has 2 aromatic carbocycles. The Morgan fingerprint density at radius 3 is 2.11 bits per heavy atom. The molecule has 0 bridgehead atoms. The number of nitrogens with zero attached hydrogens (tertiary/aromatic N) is 2. The third-order valence-electron chi connectivity index (χ3n) is 4.00. The molecule has 0 aliphatic heterocycles. The van der Waals surface area contributed by atoms with E-state index in [1.165, 1.54) is 6.21 Å². The molecule has 0 saturated carbocycles. The summed E-state index contributed by atoms with van der Waals surface area (Å²) in [7, 11) is 0. The van der Waals surface area contributed by atoms with Gasteiger partial charge in [-0.2, -0.15) is 5.26 Å². The van der Waals surface area contributed by atoms with Crippen LogP contribution >= 0.6 is 15.9 Å². The first-order valence-electron chi connectivity index (χ1n) is 8.23. The van der Waals surface area contributed by atoms with Gasteiger partial charge in [-0.3, -0.25) is 0 Å². The van der Waals surface area contributed by atoms with E-state index in [4.69, 9.17) is 8.83 Å². The van der Waals surface area contributed by atoms with E-state index in [9.17, 15) is 5.26 Å². The third-order valence-corrected chi connectivity index (χ3v) is 4.43. The van der Waals surface area contributed by atoms with Gasteiger partial charge in [0, 0.05) is 11.1 Å². The van der Waals surface area contributed by atoms with Gasteiger partial charge in [0.15, 0.2) is 4.67 Å². The number of benzene rings is 2. The van der Waals surface area contributed by atoms with Crippen LogP contribution in [0.25, 0.3) is 22.5 Å². The highest BCUT2D eigenvalue weighted by Crippen LogP contribution is 2.42. The van der Waals surface area contributed by atoms with Crippen LogP contribution in [0.4, 0.5) is 5.88 Å². The highest BCUT2D eigenvalue weighted by atomic mass is 79.9. The molecule has 0 spiro atoms. The summed E-state index contributed by atoms with van der Waals surface area (Å²) in [4.78, 5) is 4.36. The van der Waals surface area contributed by atoms with E-state index in [1.54, 1.807) is 12.1 Å². The van der Waals surface area contributed by atoms with Gasteiger partial charge < -0.3 is 8.83 Å². The molecule has 2 aromatic heterocycles. The van der Waals surface area contributed by atoms with Crippen LogP contribution in [0, 0.1) is 11.3 Å². The zero-order valence-electron chi connectivity index (χ0n) is 14.1. The Bertz CT molecular complexity index is 1140. The molecular weight excluding hydrogens is 404 g/mol. The molecule has 0 atom stereocenters. The first-order chi connectivity index (χ1) is 13.3. The van der Waals surface area contributed by atoms with Gasteiger partial charge in [-0.05, 0) is 33.6 Å². The van der Waals surface area contributed by atoms with Crippen molar-refractivity contribution in [3.05, 3.63) is 88.8 Å². The van der Waals surface area contributed by atoms with Gasteiger partial charge in [-0.15, -0.1) is 0 Å². The monoisotopic (exact) mass is 416 g/mol. The van der Waals surface area contributed by atoms with Crippen LogP contribution < -0.4 is 0 Å². The molecule has 4 nitrogen and oxygen atoms in total. The van der Waals surface area contributed by atoms with Crippen LogP contribution in [0.3, 0.4) is 0 Å². The zero-order valence-corrected chi connectivity index (χ0v) is 15.7. The van der Waals surface area contributed by atoms with Crippen LogP contribution in [-0.4, -0.2) is 6.21 Å². The van der Waals surface area contributed by atoms with Crippen molar-refractivity contribution in [2.24, 2.45) is 4.99 Å². The van der Waals surface area contributed by atoms with Gasteiger partial charge in [0.05, 0.1) is 6.21 Å². The van der Waals surface area contributed by atoms with Crippen molar-refractivity contribution < 1.29 is 8.83 Å². The van der Waals surface area contributed by atoms with E-state index in [0.29, 0.717) is 21.8 Å². The summed E-state index contributed by atoms with van der Waals surface area (Å²) in [6.07, 6.45) is 1.54. The molecule has 0 amide bonds. The average molecular weight is 417 g/mol. The normalized spacial score (nSPS) is 11.0. The van der Waals surface area contributed by atoms with Gasteiger partial charge in [0.25, 0.3) is 0 Å². The lowest BCUT2D eigenvalue weighted by molar-refractivity contribution is 0.534. The van der Waals surface area contributed by atoms with Crippen molar-refractivity contribution >= 4 is 28.0 Å². The SMILES string of the molecule is N#Cc1c(N=Cc2ccc(Br)o2)oc(-c2ccccc2)c1-c1ccccc1. The number of rotatable bonds is 4. The summed E-state index contributed by atoms with van der Waals surface area (Å²) in [5.74, 6) is 1.43. The zero-order chi connectivity index (χ0) is 18.6. The van der Waals surface area contributed by atoms with E-state index in [1.807, 2.05) is 60.7 Å². The van der Waals surface area contributed by atoms with Gasteiger partial charge in [0.1, 0.15) is 23.2 Å². The Balaban J connectivity index is 1.89. The average Bonchev–Trinajstić information content (AvgIpc) is 3.30. The standard InChI is InChI=1S/C22H13BrN2O2/c23-19-12-11-17(26-19)14-25-22-18(13-24)20(15-7-3-1-4-8-15)21(27-22)16-9-5-2-6-10-16/h1-12,14H. The topological polar surface area (TPSA) is 62.4 Å². The smallest absolute Gasteiger partial charge is 0.238 e. The first kappa shape index (κ1) is 17.1. The molecule has 4 rings (SSSR count). The minimum absolute atomic E-state index is 0.253. The predicted octanol–water partition coefficient (Wildman–Crippen LogP) is 6.59. The lowest BCUT2D eigenvalue weighted by Crippen LogP contribution is -1.83. The fourth-order valence-electron chi connectivity index (χ4n) is 2.81. The van der Waals surface area contributed by atoms with E-state index < -0.39 is 0 Å². The van der Waals surface area contributed by atoms with Gasteiger partial charge >= 0.3 is 0 Å². The first-order valence-corrected chi connectivity index (χ1v) is 9.02. The molecule has 0 aliphatic carbocycles. The van der Waals surface area contributed by atoms with Crippen LogP contribution in [-0.2, 0) is 0 Å². The van der Waals surface area contributed by atoms with E-state index in [-0.39, 0.29) is 5.88 Å². The summed E-state index contributed by atoms with van der Waals surface area (Å²) in [5, 5.41) is 9.81. The Labute approximate surface area is 164 Å². The summed E-state index contributed by atoms with van der Waals surface area (Å²) >= 11 is 3.26. The summed E-state index contributed by atoms with van der Waals surface area (Å²) in [6.45, 7) is 0. The maximum atomic E-state index is 9.81. The fourth-order valence-corrected chi connectivity index (χ4v) is 3.13. The molecule has 0 saturated heterocycles. The quantitative estimate of drug-likeness (QED) is 0.352. The van der Waals surface area contributed by atoms with Crippen molar-refractivity contribution in [3.63, 3.8) is 0 Å². The van der Waals surface area contributed by atoms with Crippen molar-refractivity contribution in [1.82, 2.24) is 0 Å². The number of aliphatic imine (C=N–C) groups is 1. The predicted molar refractivity (Wildman–Crippen MR) is 108 cm³/mol. The Hall–Kier alpha value is -3.36. The maximum absolute atomic E-state index is 9.81. The second kappa shape index (κ2) is 7.48. The van der Waals surface area contributed by atoms with E-state index in [2.05, 4.69) is 27.0 Å². The molecule has 0 radical (unpaired) electrons. The maximum Gasteiger partial charge on any atom is 0.238 e. The Kier molecular flexibility index (Phi) is 4.73. The molecule has 0 unspecified atom stereocenters. The molecule has 2 heterocycles.